The van der Waals surface area contributed by atoms with Crippen LogP contribution in [0, 0.1) is 0 Å². The molecule has 2 rings (SSSR count). The van der Waals surface area contributed by atoms with Crippen LogP contribution in [0.4, 0.5) is 5.82 Å². The molecule has 0 bridgehead atoms. The predicted molar refractivity (Wildman–Crippen MR) is 66.2 cm³/mol. The van der Waals surface area contributed by atoms with Crippen molar-refractivity contribution in [3.63, 3.8) is 0 Å². The fraction of sp³-hybridized carbons (Fsp3) is 0.455. The van der Waals surface area contributed by atoms with Gasteiger partial charge >= 0.3 is 0 Å². The van der Waals surface area contributed by atoms with Gasteiger partial charge in [0.15, 0.2) is 0 Å². The molecule has 0 saturated heterocycles. The molecule has 0 spiro atoms. The Morgan fingerprint density at radius 3 is 2.94 bits per heavy atom. The Hall–Kier alpha value is -2.18. The molecule has 2 heterocycles. The number of aromatic nitrogens is 5. The third-order valence-electron chi connectivity index (χ3n) is 2.30. The number of anilines is 1. The van der Waals surface area contributed by atoms with Gasteiger partial charge in [0.1, 0.15) is 24.3 Å². The molecule has 2 aromatic rings. The number of H-pyrrole nitrogens is 1. The lowest BCUT2D eigenvalue weighted by Gasteiger charge is -2.12. The Morgan fingerprint density at radius 1 is 1.33 bits per heavy atom. The van der Waals surface area contributed by atoms with Gasteiger partial charge in [-0.1, -0.05) is 6.92 Å². The molecular weight excluding hydrogens is 232 g/mol. The third-order valence-corrected chi connectivity index (χ3v) is 2.30. The highest BCUT2D eigenvalue weighted by molar-refractivity contribution is 5.38. The molecule has 7 heteroatoms. The number of hydrogen-bond acceptors (Lipinski definition) is 6. The summed E-state index contributed by atoms with van der Waals surface area (Å²) in [6.45, 7) is 4.66. The van der Waals surface area contributed by atoms with Crippen molar-refractivity contribution in [3.8, 4) is 5.88 Å². The van der Waals surface area contributed by atoms with Crippen molar-refractivity contribution in [2.75, 3.05) is 11.9 Å². The average Bonchev–Trinajstić information content (AvgIpc) is 2.91. The van der Waals surface area contributed by atoms with Gasteiger partial charge < -0.3 is 10.1 Å². The molecule has 0 saturated carbocycles. The second-order valence-corrected chi connectivity index (χ2v) is 3.83. The Bertz CT molecular complexity index is 472. The van der Waals surface area contributed by atoms with Crippen molar-refractivity contribution in [1.82, 2.24) is 25.1 Å². The highest BCUT2D eigenvalue weighted by atomic mass is 16.5. The smallest absolute Gasteiger partial charge is 0.218 e. The molecule has 1 unspecified atom stereocenters. The molecule has 0 aromatic carbocycles. The standard InChI is InChI=1S/C11H16N6O/c1-3-4-18-10-5-9(12-6-13-10)16-8(2)11-14-7-15-17-11/h5-8H,3-4H2,1-2H3,(H,12,13,16)(H,14,15,17). The Morgan fingerprint density at radius 2 is 2.22 bits per heavy atom. The molecule has 96 valence electrons. The molecule has 0 amide bonds. The van der Waals surface area contributed by atoms with Crippen molar-refractivity contribution in [2.45, 2.75) is 26.3 Å². The monoisotopic (exact) mass is 248 g/mol. The summed E-state index contributed by atoms with van der Waals surface area (Å²) in [4.78, 5) is 12.3. The first-order chi connectivity index (χ1) is 8.79. The van der Waals surface area contributed by atoms with Crippen molar-refractivity contribution in [2.24, 2.45) is 0 Å². The molecule has 1 atom stereocenters. The quantitative estimate of drug-likeness (QED) is 0.806. The highest BCUT2D eigenvalue weighted by Crippen LogP contribution is 2.16. The lowest BCUT2D eigenvalue weighted by molar-refractivity contribution is 0.305. The van der Waals surface area contributed by atoms with Crippen LogP contribution in [0.25, 0.3) is 0 Å². The van der Waals surface area contributed by atoms with E-state index in [0.29, 0.717) is 18.3 Å². The molecule has 7 nitrogen and oxygen atoms in total. The van der Waals surface area contributed by atoms with E-state index in [2.05, 4.69) is 30.5 Å². The normalized spacial score (nSPS) is 12.1. The second-order valence-electron chi connectivity index (χ2n) is 3.83. The zero-order valence-electron chi connectivity index (χ0n) is 10.4. The number of rotatable bonds is 6. The van der Waals surface area contributed by atoms with Crippen LogP contribution in [-0.4, -0.2) is 31.8 Å². The van der Waals surface area contributed by atoms with Crippen LogP contribution in [0.15, 0.2) is 18.7 Å². The summed E-state index contributed by atoms with van der Waals surface area (Å²) in [7, 11) is 0. The van der Waals surface area contributed by atoms with E-state index in [0.717, 1.165) is 12.2 Å². The van der Waals surface area contributed by atoms with Crippen molar-refractivity contribution in [3.05, 3.63) is 24.5 Å². The SMILES string of the molecule is CCCOc1cc(NC(C)c2ncn[nH]2)ncn1. The number of ether oxygens (including phenoxy) is 1. The first kappa shape index (κ1) is 12.3. The summed E-state index contributed by atoms with van der Waals surface area (Å²) in [5.41, 5.74) is 0. The van der Waals surface area contributed by atoms with Crippen LogP contribution in [0.3, 0.4) is 0 Å². The van der Waals surface area contributed by atoms with Gasteiger partial charge in [0.05, 0.1) is 12.6 Å². The van der Waals surface area contributed by atoms with Gasteiger partial charge in [-0.05, 0) is 13.3 Å². The summed E-state index contributed by atoms with van der Waals surface area (Å²) in [5.74, 6) is 2.02. The summed E-state index contributed by atoms with van der Waals surface area (Å²) in [5, 5.41) is 9.81. The van der Waals surface area contributed by atoms with Crippen LogP contribution in [-0.2, 0) is 0 Å². The summed E-state index contributed by atoms with van der Waals surface area (Å²) in [6.07, 6.45) is 3.89. The van der Waals surface area contributed by atoms with E-state index < -0.39 is 0 Å². The van der Waals surface area contributed by atoms with Crippen molar-refractivity contribution in [1.29, 1.82) is 0 Å². The van der Waals surface area contributed by atoms with Gasteiger partial charge in [-0.15, -0.1) is 0 Å². The third kappa shape index (κ3) is 3.16. The van der Waals surface area contributed by atoms with E-state index >= 15 is 0 Å². The van der Waals surface area contributed by atoms with E-state index in [-0.39, 0.29) is 6.04 Å². The van der Waals surface area contributed by atoms with Crippen LogP contribution in [0.5, 0.6) is 5.88 Å². The molecule has 2 N–H and O–H groups in total. The molecule has 0 aliphatic carbocycles. The fourth-order valence-corrected chi connectivity index (χ4v) is 1.42. The molecule has 2 aromatic heterocycles. The van der Waals surface area contributed by atoms with Crippen molar-refractivity contribution >= 4 is 5.82 Å². The number of aromatic amines is 1. The van der Waals surface area contributed by atoms with Crippen LogP contribution in [0.1, 0.15) is 32.1 Å². The highest BCUT2D eigenvalue weighted by Gasteiger charge is 2.09. The Balaban J connectivity index is 2.00. The van der Waals surface area contributed by atoms with Crippen LogP contribution >= 0.6 is 0 Å². The van der Waals surface area contributed by atoms with Crippen LogP contribution < -0.4 is 10.1 Å². The van der Waals surface area contributed by atoms with E-state index in [9.17, 15) is 0 Å². The minimum absolute atomic E-state index is 0.0126. The first-order valence-corrected chi connectivity index (χ1v) is 5.86. The van der Waals surface area contributed by atoms with E-state index in [1.54, 1.807) is 6.07 Å². The predicted octanol–water partition coefficient (Wildman–Crippen LogP) is 1.56. The molecule has 0 aliphatic heterocycles. The van der Waals surface area contributed by atoms with Gasteiger partial charge in [0.2, 0.25) is 5.88 Å². The van der Waals surface area contributed by atoms with Gasteiger partial charge in [0, 0.05) is 6.07 Å². The maximum absolute atomic E-state index is 5.44. The lowest BCUT2D eigenvalue weighted by Crippen LogP contribution is -2.10. The second kappa shape index (κ2) is 5.95. The van der Waals surface area contributed by atoms with Crippen molar-refractivity contribution < 1.29 is 4.74 Å². The number of nitrogens with zero attached hydrogens (tertiary/aromatic N) is 4. The molecule has 0 fully saturated rings. The fourth-order valence-electron chi connectivity index (χ4n) is 1.42. The zero-order valence-corrected chi connectivity index (χ0v) is 10.4. The molecule has 0 radical (unpaired) electrons. The maximum atomic E-state index is 5.44. The summed E-state index contributed by atoms with van der Waals surface area (Å²) in [6, 6.07) is 1.75. The van der Waals surface area contributed by atoms with E-state index in [1.165, 1.54) is 12.7 Å². The van der Waals surface area contributed by atoms with E-state index in [1.807, 2.05) is 13.8 Å². The van der Waals surface area contributed by atoms with Gasteiger partial charge in [-0.2, -0.15) is 5.10 Å². The molecule has 18 heavy (non-hydrogen) atoms. The maximum Gasteiger partial charge on any atom is 0.218 e. The minimum atomic E-state index is -0.0126. The largest absolute Gasteiger partial charge is 0.478 e. The van der Waals surface area contributed by atoms with E-state index in [4.69, 9.17) is 4.74 Å². The molecular formula is C11H16N6O. The van der Waals surface area contributed by atoms with Crippen LogP contribution in [0.2, 0.25) is 0 Å². The summed E-state index contributed by atoms with van der Waals surface area (Å²) < 4.78 is 5.44. The lowest BCUT2D eigenvalue weighted by atomic mass is 10.3. The number of hydrogen-bond donors (Lipinski definition) is 2. The minimum Gasteiger partial charge on any atom is -0.478 e. The van der Waals surface area contributed by atoms with Gasteiger partial charge in [-0.25, -0.2) is 15.0 Å². The van der Waals surface area contributed by atoms with Gasteiger partial charge in [-0.3, -0.25) is 5.10 Å². The molecule has 0 aliphatic rings. The summed E-state index contributed by atoms with van der Waals surface area (Å²) >= 11 is 0. The topological polar surface area (TPSA) is 88.6 Å². The van der Waals surface area contributed by atoms with Gasteiger partial charge in [0.25, 0.3) is 0 Å². The average molecular weight is 248 g/mol. The zero-order chi connectivity index (χ0) is 12.8. The Labute approximate surface area is 105 Å². The Kier molecular flexibility index (Phi) is 4.06. The number of nitrogens with one attached hydrogen (secondary N) is 2. The first-order valence-electron chi connectivity index (χ1n) is 5.86.